The maximum absolute atomic E-state index is 12.3. The summed E-state index contributed by atoms with van der Waals surface area (Å²) >= 11 is 0. The number of hydrogen-bond donors (Lipinski definition) is 2. The van der Waals surface area contributed by atoms with Crippen molar-refractivity contribution >= 4 is 12.0 Å². The van der Waals surface area contributed by atoms with E-state index in [9.17, 15) is 15.2 Å². The Morgan fingerprint density at radius 1 is 1.33 bits per heavy atom. The van der Waals surface area contributed by atoms with Crippen LogP contribution in [-0.2, 0) is 17.6 Å². The summed E-state index contributed by atoms with van der Waals surface area (Å²) in [6.45, 7) is 4.10. The third-order valence-electron chi connectivity index (χ3n) is 3.98. The van der Waals surface area contributed by atoms with Crippen LogP contribution in [0.2, 0.25) is 0 Å². The summed E-state index contributed by atoms with van der Waals surface area (Å²) in [4.78, 5) is 12.3. The third kappa shape index (κ3) is 5.48. The molecule has 0 spiro atoms. The van der Waals surface area contributed by atoms with Gasteiger partial charge in [0.05, 0.1) is 7.11 Å². The van der Waals surface area contributed by atoms with Crippen LogP contribution in [0.25, 0.3) is 6.08 Å². The zero-order chi connectivity index (χ0) is 19.6. The molecule has 138 valence electrons. The molecule has 5 heteroatoms. The maximum Gasteiger partial charge on any atom is 0.261 e. The van der Waals surface area contributed by atoms with Crippen molar-refractivity contribution in [1.82, 2.24) is 5.32 Å². The van der Waals surface area contributed by atoms with Crippen molar-refractivity contribution in [2.45, 2.75) is 12.8 Å². The first-order valence-electron chi connectivity index (χ1n) is 8.53. The standard InChI is InChI=1S/C22H22N2O3/c1-3-7-18-12-17(14-20(27-2)21(18)25)13-19(15-23)22(26)24-11-10-16-8-5-4-6-9-16/h3-6,8-9,12-14,25H,1,7,10-11H2,2H3,(H,24,26). The number of carbonyl (C=O) groups is 1. The van der Waals surface area contributed by atoms with Crippen LogP contribution in [0.15, 0.2) is 60.7 Å². The van der Waals surface area contributed by atoms with Gasteiger partial charge in [-0.25, -0.2) is 0 Å². The number of methoxy groups -OCH3 is 1. The molecule has 0 unspecified atom stereocenters. The van der Waals surface area contributed by atoms with Gasteiger partial charge in [-0.15, -0.1) is 6.58 Å². The van der Waals surface area contributed by atoms with Crippen molar-refractivity contribution in [3.05, 3.63) is 77.4 Å². The third-order valence-corrected chi connectivity index (χ3v) is 3.98. The summed E-state index contributed by atoms with van der Waals surface area (Å²) in [7, 11) is 1.45. The quantitative estimate of drug-likeness (QED) is 0.428. The number of amides is 1. The van der Waals surface area contributed by atoms with E-state index in [0.29, 0.717) is 30.5 Å². The van der Waals surface area contributed by atoms with E-state index >= 15 is 0 Å². The van der Waals surface area contributed by atoms with Crippen molar-refractivity contribution in [3.63, 3.8) is 0 Å². The highest BCUT2D eigenvalue weighted by Gasteiger charge is 2.12. The molecular formula is C22H22N2O3. The second-order valence-electron chi connectivity index (χ2n) is 5.89. The van der Waals surface area contributed by atoms with Crippen molar-refractivity contribution in [3.8, 4) is 17.6 Å². The number of aromatic hydroxyl groups is 1. The lowest BCUT2D eigenvalue weighted by Crippen LogP contribution is -2.26. The lowest BCUT2D eigenvalue weighted by molar-refractivity contribution is -0.117. The van der Waals surface area contributed by atoms with Crippen LogP contribution in [0.3, 0.4) is 0 Å². The van der Waals surface area contributed by atoms with Crippen molar-refractivity contribution in [2.75, 3.05) is 13.7 Å². The Hall–Kier alpha value is -3.52. The van der Waals surface area contributed by atoms with Gasteiger partial charge in [-0.05, 0) is 42.2 Å². The lowest BCUT2D eigenvalue weighted by atomic mass is 10.0. The van der Waals surface area contributed by atoms with E-state index in [1.807, 2.05) is 36.4 Å². The molecular weight excluding hydrogens is 340 g/mol. The molecule has 2 N–H and O–H groups in total. The minimum atomic E-state index is -0.439. The first-order valence-corrected chi connectivity index (χ1v) is 8.53. The Kier molecular flexibility index (Phi) is 7.21. The van der Waals surface area contributed by atoms with Gasteiger partial charge in [0.15, 0.2) is 11.5 Å². The van der Waals surface area contributed by atoms with Gasteiger partial charge in [0.1, 0.15) is 11.6 Å². The smallest absolute Gasteiger partial charge is 0.261 e. The number of nitriles is 1. The molecule has 0 aliphatic rings. The van der Waals surface area contributed by atoms with Gasteiger partial charge in [-0.1, -0.05) is 36.4 Å². The van der Waals surface area contributed by atoms with E-state index < -0.39 is 5.91 Å². The number of phenols is 1. The predicted octanol–water partition coefficient (Wildman–Crippen LogP) is 3.40. The maximum atomic E-state index is 12.3. The molecule has 0 aliphatic carbocycles. The van der Waals surface area contributed by atoms with E-state index in [1.54, 1.807) is 18.2 Å². The first kappa shape index (κ1) is 19.8. The van der Waals surface area contributed by atoms with Gasteiger partial charge in [0, 0.05) is 12.1 Å². The van der Waals surface area contributed by atoms with Gasteiger partial charge < -0.3 is 15.2 Å². The predicted molar refractivity (Wildman–Crippen MR) is 105 cm³/mol. The number of nitrogens with zero attached hydrogens (tertiary/aromatic N) is 1. The van der Waals surface area contributed by atoms with Crippen LogP contribution >= 0.6 is 0 Å². The van der Waals surface area contributed by atoms with Crippen LogP contribution in [0.5, 0.6) is 11.5 Å². The average Bonchev–Trinajstić information content (AvgIpc) is 2.69. The minimum absolute atomic E-state index is 0.0136. The van der Waals surface area contributed by atoms with Crippen LogP contribution < -0.4 is 10.1 Å². The van der Waals surface area contributed by atoms with Gasteiger partial charge >= 0.3 is 0 Å². The normalized spacial score (nSPS) is 10.7. The Morgan fingerprint density at radius 3 is 2.70 bits per heavy atom. The first-order chi connectivity index (χ1) is 13.1. The number of ether oxygens (including phenoxy) is 1. The SMILES string of the molecule is C=CCc1cc(C=C(C#N)C(=O)NCCc2ccccc2)cc(OC)c1O. The monoisotopic (exact) mass is 362 g/mol. The molecule has 0 atom stereocenters. The molecule has 0 saturated carbocycles. The Balaban J connectivity index is 2.14. The highest BCUT2D eigenvalue weighted by atomic mass is 16.5. The molecule has 0 radical (unpaired) electrons. The van der Waals surface area contributed by atoms with E-state index in [-0.39, 0.29) is 17.1 Å². The summed E-state index contributed by atoms with van der Waals surface area (Å²) in [6.07, 6.45) is 4.26. The molecule has 1 amide bonds. The lowest BCUT2D eigenvalue weighted by Gasteiger charge is -2.10. The number of benzene rings is 2. The molecule has 0 aromatic heterocycles. The van der Waals surface area contributed by atoms with E-state index in [1.165, 1.54) is 13.2 Å². The highest BCUT2D eigenvalue weighted by Crippen LogP contribution is 2.32. The molecule has 0 saturated heterocycles. The molecule has 5 nitrogen and oxygen atoms in total. The van der Waals surface area contributed by atoms with Gasteiger partial charge in [-0.2, -0.15) is 5.26 Å². The fourth-order valence-electron chi connectivity index (χ4n) is 2.61. The second kappa shape index (κ2) is 9.83. The van der Waals surface area contributed by atoms with Gasteiger partial charge in [0.2, 0.25) is 0 Å². The van der Waals surface area contributed by atoms with Crippen LogP contribution in [0, 0.1) is 11.3 Å². The summed E-state index contributed by atoms with van der Waals surface area (Å²) in [5.41, 5.74) is 2.30. The van der Waals surface area contributed by atoms with Crippen LogP contribution in [-0.4, -0.2) is 24.7 Å². The van der Waals surface area contributed by atoms with Crippen molar-refractivity contribution < 1.29 is 14.6 Å². The molecule has 0 heterocycles. The van der Waals surface area contributed by atoms with E-state index in [0.717, 1.165) is 5.56 Å². The zero-order valence-electron chi connectivity index (χ0n) is 15.2. The fourth-order valence-corrected chi connectivity index (χ4v) is 2.61. The highest BCUT2D eigenvalue weighted by molar-refractivity contribution is 6.01. The molecule has 0 aliphatic heterocycles. The number of nitrogens with one attached hydrogen (secondary N) is 1. The second-order valence-corrected chi connectivity index (χ2v) is 5.89. The molecule has 2 rings (SSSR count). The summed E-state index contributed by atoms with van der Waals surface area (Å²) in [6, 6.07) is 15.0. The van der Waals surface area contributed by atoms with E-state index in [2.05, 4.69) is 11.9 Å². The Labute approximate surface area is 159 Å². The number of carbonyl (C=O) groups excluding carboxylic acids is 1. The number of rotatable bonds is 8. The summed E-state index contributed by atoms with van der Waals surface area (Å²) in [5.74, 6) is -0.131. The molecule has 27 heavy (non-hydrogen) atoms. The topological polar surface area (TPSA) is 82.4 Å². The number of hydrogen-bond acceptors (Lipinski definition) is 4. The summed E-state index contributed by atoms with van der Waals surface area (Å²) < 4.78 is 5.17. The van der Waals surface area contributed by atoms with Crippen molar-refractivity contribution in [1.29, 1.82) is 5.26 Å². The van der Waals surface area contributed by atoms with Crippen LogP contribution in [0.4, 0.5) is 0 Å². The number of allylic oxidation sites excluding steroid dienone is 1. The molecule has 0 fully saturated rings. The van der Waals surface area contributed by atoms with Crippen molar-refractivity contribution in [2.24, 2.45) is 0 Å². The Bertz CT molecular complexity index is 880. The fraction of sp³-hybridized carbons (Fsp3) is 0.182. The largest absolute Gasteiger partial charge is 0.504 e. The van der Waals surface area contributed by atoms with Crippen LogP contribution in [0.1, 0.15) is 16.7 Å². The minimum Gasteiger partial charge on any atom is -0.504 e. The zero-order valence-corrected chi connectivity index (χ0v) is 15.2. The molecule has 2 aromatic carbocycles. The summed E-state index contributed by atoms with van der Waals surface area (Å²) in [5, 5.41) is 22.2. The van der Waals surface area contributed by atoms with Gasteiger partial charge in [-0.3, -0.25) is 4.79 Å². The van der Waals surface area contributed by atoms with Gasteiger partial charge in [0.25, 0.3) is 5.91 Å². The Morgan fingerprint density at radius 2 is 2.07 bits per heavy atom. The number of phenolic OH excluding ortho intramolecular Hbond substituents is 1. The van der Waals surface area contributed by atoms with E-state index in [4.69, 9.17) is 4.74 Å². The molecule has 2 aromatic rings. The molecule has 0 bridgehead atoms. The average molecular weight is 362 g/mol.